The van der Waals surface area contributed by atoms with E-state index in [9.17, 15) is 0 Å². The van der Waals surface area contributed by atoms with Crippen LogP contribution in [-0.2, 0) is 6.54 Å². The molecule has 0 bridgehead atoms. The number of ether oxygens (including phenoxy) is 2. The Morgan fingerprint density at radius 3 is 2.43 bits per heavy atom. The van der Waals surface area contributed by atoms with E-state index >= 15 is 0 Å². The normalized spacial score (nSPS) is 11.0. The number of hydrogen-bond donors (Lipinski definition) is 1. The van der Waals surface area contributed by atoms with Gasteiger partial charge in [-0.2, -0.15) is 0 Å². The molecule has 2 aromatic carbocycles. The molecule has 0 aliphatic rings. The molecule has 1 heterocycles. The number of hydrogen-bond acceptors (Lipinski definition) is 6. The number of thiazole rings is 1. The van der Waals surface area contributed by atoms with Crippen molar-refractivity contribution in [3.05, 3.63) is 53.4 Å². The standard InChI is InChI=1S/C22H27N3O2S/c1-23-12-13-25(2)15-20-21(16-8-10-18(26-3)11-9-16)24-22(28-20)17-6-5-7-19(14-17)27-4/h5-11,14,23H,12-13,15H2,1-4H3. The van der Waals surface area contributed by atoms with E-state index in [-0.39, 0.29) is 0 Å². The van der Waals surface area contributed by atoms with Gasteiger partial charge in [-0.05, 0) is 50.5 Å². The number of aromatic nitrogens is 1. The lowest BCUT2D eigenvalue weighted by Gasteiger charge is -2.16. The molecule has 0 amide bonds. The second-order valence-electron chi connectivity index (χ2n) is 6.59. The van der Waals surface area contributed by atoms with E-state index in [1.807, 2.05) is 37.4 Å². The van der Waals surface area contributed by atoms with Gasteiger partial charge in [0.15, 0.2) is 0 Å². The molecule has 3 rings (SSSR count). The Labute approximate surface area is 170 Å². The van der Waals surface area contributed by atoms with Crippen LogP contribution in [0.3, 0.4) is 0 Å². The summed E-state index contributed by atoms with van der Waals surface area (Å²) in [5, 5.41) is 4.21. The predicted molar refractivity (Wildman–Crippen MR) is 116 cm³/mol. The van der Waals surface area contributed by atoms with Crippen LogP contribution in [0, 0.1) is 0 Å². The summed E-state index contributed by atoms with van der Waals surface area (Å²) in [6.07, 6.45) is 0. The fraction of sp³-hybridized carbons (Fsp3) is 0.318. The maximum Gasteiger partial charge on any atom is 0.124 e. The maximum absolute atomic E-state index is 5.38. The van der Waals surface area contributed by atoms with Crippen molar-refractivity contribution in [2.45, 2.75) is 6.54 Å². The van der Waals surface area contributed by atoms with Gasteiger partial charge < -0.3 is 14.8 Å². The molecular formula is C22H27N3O2S. The molecule has 0 atom stereocenters. The molecule has 0 saturated carbocycles. The number of methoxy groups -OCH3 is 2. The molecule has 148 valence electrons. The first-order valence-corrected chi connectivity index (χ1v) is 10.1. The summed E-state index contributed by atoms with van der Waals surface area (Å²) in [6.45, 7) is 2.78. The molecular weight excluding hydrogens is 370 g/mol. The molecule has 0 aliphatic heterocycles. The average Bonchev–Trinajstić information content (AvgIpc) is 3.16. The van der Waals surface area contributed by atoms with Gasteiger partial charge in [0.2, 0.25) is 0 Å². The Morgan fingerprint density at radius 2 is 1.75 bits per heavy atom. The third-order valence-corrected chi connectivity index (χ3v) is 5.62. The van der Waals surface area contributed by atoms with E-state index in [0.29, 0.717) is 0 Å². The molecule has 0 saturated heterocycles. The van der Waals surface area contributed by atoms with Crippen LogP contribution in [0.4, 0.5) is 0 Å². The highest BCUT2D eigenvalue weighted by molar-refractivity contribution is 7.15. The third-order valence-electron chi connectivity index (χ3n) is 4.53. The van der Waals surface area contributed by atoms with Crippen molar-refractivity contribution < 1.29 is 9.47 Å². The van der Waals surface area contributed by atoms with E-state index in [0.717, 1.165) is 53.0 Å². The number of likely N-dealkylation sites (N-methyl/N-ethyl adjacent to an activating group) is 2. The van der Waals surface area contributed by atoms with Crippen LogP contribution in [0.1, 0.15) is 4.88 Å². The van der Waals surface area contributed by atoms with Gasteiger partial charge in [0.25, 0.3) is 0 Å². The van der Waals surface area contributed by atoms with Crippen LogP contribution in [0.5, 0.6) is 11.5 Å². The monoisotopic (exact) mass is 397 g/mol. The molecule has 1 N–H and O–H groups in total. The highest BCUT2D eigenvalue weighted by Crippen LogP contribution is 2.36. The van der Waals surface area contributed by atoms with Crippen molar-refractivity contribution >= 4 is 11.3 Å². The summed E-state index contributed by atoms with van der Waals surface area (Å²) in [6, 6.07) is 16.2. The van der Waals surface area contributed by atoms with Crippen molar-refractivity contribution in [2.24, 2.45) is 0 Å². The molecule has 0 unspecified atom stereocenters. The number of nitrogens with zero attached hydrogens (tertiary/aromatic N) is 2. The van der Waals surface area contributed by atoms with Gasteiger partial charge in [-0.1, -0.05) is 12.1 Å². The van der Waals surface area contributed by atoms with Crippen molar-refractivity contribution in [1.82, 2.24) is 15.2 Å². The fourth-order valence-corrected chi connectivity index (χ4v) is 4.10. The predicted octanol–water partition coefficient (Wildman–Crippen LogP) is 4.15. The number of benzene rings is 2. The smallest absolute Gasteiger partial charge is 0.124 e. The van der Waals surface area contributed by atoms with Crippen molar-refractivity contribution in [2.75, 3.05) is 41.4 Å². The molecule has 5 nitrogen and oxygen atoms in total. The Hall–Kier alpha value is -2.41. The van der Waals surface area contributed by atoms with Crippen molar-refractivity contribution in [3.63, 3.8) is 0 Å². The zero-order chi connectivity index (χ0) is 19.9. The van der Waals surface area contributed by atoms with E-state index < -0.39 is 0 Å². The van der Waals surface area contributed by atoms with Crippen molar-refractivity contribution in [3.8, 4) is 33.3 Å². The van der Waals surface area contributed by atoms with E-state index in [1.54, 1.807) is 25.6 Å². The van der Waals surface area contributed by atoms with E-state index in [4.69, 9.17) is 14.5 Å². The summed E-state index contributed by atoms with van der Waals surface area (Å²) < 4.78 is 10.7. The Kier molecular flexibility index (Phi) is 7.03. The van der Waals surface area contributed by atoms with Gasteiger partial charge in [0, 0.05) is 35.6 Å². The van der Waals surface area contributed by atoms with Crippen LogP contribution in [-0.4, -0.2) is 51.3 Å². The zero-order valence-electron chi connectivity index (χ0n) is 16.9. The summed E-state index contributed by atoms with van der Waals surface area (Å²) in [5.74, 6) is 1.69. The summed E-state index contributed by atoms with van der Waals surface area (Å²) in [5.41, 5.74) is 3.20. The molecule has 28 heavy (non-hydrogen) atoms. The second kappa shape index (κ2) is 9.68. The topological polar surface area (TPSA) is 46.6 Å². The molecule has 0 fully saturated rings. The molecule has 0 spiro atoms. The van der Waals surface area contributed by atoms with Gasteiger partial charge in [0.05, 0.1) is 19.9 Å². The van der Waals surface area contributed by atoms with Gasteiger partial charge in [-0.25, -0.2) is 4.98 Å². The Morgan fingerprint density at radius 1 is 1.00 bits per heavy atom. The van der Waals surface area contributed by atoms with Gasteiger partial charge in [-0.15, -0.1) is 11.3 Å². The first-order valence-electron chi connectivity index (χ1n) is 9.26. The zero-order valence-corrected chi connectivity index (χ0v) is 17.7. The van der Waals surface area contributed by atoms with Crippen LogP contribution in [0.2, 0.25) is 0 Å². The molecule has 0 aliphatic carbocycles. The third kappa shape index (κ3) is 4.90. The first kappa shape index (κ1) is 20.3. The average molecular weight is 398 g/mol. The van der Waals surface area contributed by atoms with Gasteiger partial charge >= 0.3 is 0 Å². The van der Waals surface area contributed by atoms with E-state index in [1.165, 1.54) is 4.88 Å². The first-order chi connectivity index (χ1) is 13.6. The minimum Gasteiger partial charge on any atom is -0.497 e. The van der Waals surface area contributed by atoms with Gasteiger partial charge in [0.1, 0.15) is 16.5 Å². The minimum absolute atomic E-state index is 0.839. The molecule has 0 radical (unpaired) electrons. The fourth-order valence-electron chi connectivity index (χ4n) is 2.94. The van der Waals surface area contributed by atoms with Gasteiger partial charge in [-0.3, -0.25) is 4.90 Å². The lowest BCUT2D eigenvalue weighted by atomic mass is 10.1. The lowest BCUT2D eigenvalue weighted by molar-refractivity contribution is 0.331. The molecule has 3 aromatic rings. The summed E-state index contributed by atoms with van der Waals surface area (Å²) >= 11 is 1.74. The highest BCUT2D eigenvalue weighted by Gasteiger charge is 2.16. The molecule has 6 heteroatoms. The van der Waals surface area contributed by atoms with Crippen LogP contribution >= 0.6 is 11.3 Å². The largest absolute Gasteiger partial charge is 0.497 e. The minimum atomic E-state index is 0.839. The van der Waals surface area contributed by atoms with Crippen LogP contribution in [0.25, 0.3) is 21.8 Å². The molecule has 1 aromatic heterocycles. The number of rotatable bonds is 9. The number of nitrogens with one attached hydrogen (secondary N) is 1. The summed E-state index contributed by atoms with van der Waals surface area (Å²) in [7, 11) is 7.48. The van der Waals surface area contributed by atoms with Crippen LogP contribution < -0.4 is 14.8 Å². The second-order valence-corrected chi connectivity index (χ2v) is 7.68. The van der Waals surface area contributed by atoms with Crippen LogP contribution in [0.15, 0.2) is 48.5 Å². The lowest BCUT2D eigenvalue weighted by Crippen LogP contribution is -2.26. The van der Waals surface area contributed by atoms with E-state index in [2.05, 4.69) is 35.5 Å². The Bertz CT molecular complexity index is 893. The Balaban J connectivity index is 1.98. The SMILES string of the molecule is CNCCN(C)Cc1sc(-c2cccc(OC)c2)nc1-c1ccc(OC)cc1. The maximum atomic E-state index is 5.38. The van der Waals surface area contributed by atoms with Crippen molar-refractivity contribution in [1.29, 1.82) is 0 Å². The highest BCUT2D eigenvalue weighted by atomic mass is 32.1. The quantitative estimate of drug-likeness (QED) is 0.588. The summed E-state index contributed by atoms with van der Waals surface area (Å²) in [4.78, 5) is 8.56.